The maximum Gasteiger partial charge on any atom is 0.267 e. The van der Waals surface area contributed by atoms with Crippen LogP contribution >= 0.6 is 0 Å². The molecule has 0 radical (unpaired) electrons. The Hall–Kier alpha value is -2.16. The number of rotatable bonds is 5. The van der Waals surface area contributed by atoms with Crippen LogP contribution in [0.25, 0.3) is 0 Å². The number of hydrogen-bond donors (Lipinski definition) is 1. The highest BCUT2D eigenvalue weighted by Crippen LogP contribution is 2.31. The maximum absolute atomic E-state index is 12.8. The van der Waals surface area contributed by atoms with Gasteiger partial charge in [0.15, 0.2) is 0 Å². The molecule has 1 aliphatic carbocycles. The van der Waals surface area contributed by atoms with E-state index >= 15 is 0 Å². The van der Waals surface area contributed by atoms with Gasteiger partial charge in [-0.2, -0.15) is 4.31 Å². The summed E-state index contributed by atoms with van der Waals surface area (Å²) in [5.41, 5.74) is 3.01. The quantitative estimate of drug-likeness (QED) is 0.806. The molecule has 1 aliphatic heterocycles. The number of nitrogens with zero attached hydrogens (tertiary/aromatic N) is 2. The molecule has 0 bridgehead atoms. The van der Waals surface area contributed by atoms with E-state index in [1.165, 1.54) is 27.7 Å². The molecule has 2 heterocycles. The lowest BCUT2D eigenvalue weighted by atomic mass is 9.83. The Labute approximate surface area is 171 Å². The Kier molecular flexibility index (Phi) is 5.76. The number of aryl methyl sites for hydroxylation is 2. The van der Waals surface area contributed by atoms with Gasteiger partial charge in [0, 0.05) is 38.8 Å². The van der Waals surface area contributed by atoms with E-state index < -0.39 is 10.0 Å². The molecule has 0 saturated carbocycles. The van der Waals surface area contributed by atoms with E-state index in [9.17, 15) is 13.2 Å². The highest BCUT2D eigenvalue weighted by Gasteiger charge is 2.29. The van der Waals surface area contributed by atoms with Crippen molar-refractivity contribution >= 4 is 15.9 Å². The van der Waals surface area contributed by atoms with Crippen LogP contribution in [0.5, 0.6) is 0 Å². The van der Waals surface area contributed by atoms with Gasteiger partial charge in [-0.1, -0.05) is 24.3 Å². The summed E-state index contributed by atoms with van der Waals surface area (Å²) < 4.78 is 33.9. The number of nitrogens with one attached hydrogen (secondary N) is 1. The summed E-state index contributed by atoms with van der Waals surface area (Å²) in [4.78, 5) is 12.9. The zero-order valence-electron chi connectivity index (χ0n) is 16.6. The monoisotopic (exact) mass is 417 g/mol. The van der Waals surface area contributed by atoms with Crippen LogP contribution in [0.1, 0.15) is 40.4 Å². The van der Waals surface area contributed by atoms with Crippen molar-refractivity contribution in [2.24, 2.45) is 7.05 Å². The number of carbonyl (C=O) groups excluding carboxylic acids is 1. The molecule has 156 valence electrons. The first kappa shape index (κ1) is 20.1. The molecule has 1 aromatic heterocycles. The van der Waals surface area contributed by atoms with E-state index in [4.69, 9.17) is 4.74 Å². The van der Waals surface area contributed by atoms with Crippen molar-refractivity contribution in [2.75, 3.05) is 32.8 Å². The third kappa shape index (κ3) is 4.10. The predicted octanol–water partition coefficient (Wildman–Crippen LogP) is 1.90. The maximum atomic E-state index is 12.8. The lowest BCUT2D eigenvalue weighted by molar-refractivity contribution is 0.0730. The lowest BCUT2D eigenvalue weighted by Gasteiger charge is -2.25. The molecule has 8 heteroatoms. The van der Waals surface area contributed by atoms with Crippen LogP contribution in [0, 0.1) is 0 Å². The molecule has 1 amide bonds. The molecular weight excluding hydrogens is 390 g/mol. The molecule has 1 saturated heterocycles. The normalized spacial score (nSPS) is 20.2. The minimum absolute atomic E-state index is 0.148. The van der Waals surface area contributed by atoms with Crippen molar-refractivity contribution in [3.05, 3.63) is 53.3 Å². The first-order valence-corrected chi connectivity index (χ1v) is 11.5. The number of ether oxygens (including phenoxy) is 1. The van der Waals surface area contributed by atoms with Crippen molar-refractivity contribution in [3.63, 3.8) is 0 Å². The van der Waals surface area contributed by atoms with E-state index in [2.05, 4.69) is 23.5 Å². The Morgan fingerprint density at radius 3 is 2.79 bits per heavy atom. The van der Waals surface area contributed by atoms with E-state index in [0.717, 1.165) is 19.3 Å². The first-order chi connectivity index (χ1) is 14.0. The number of carbonyl (C=O) groups is 1. The van der Waals surface area contributed by atoms with Crippen LogP contribution in [-0.4, -0.2) is 56.0 Å². The molecule has 1 atom stereocenters. The largest absolute Gasteiger partial charge is 0.379 e. The predicted molar refractivity (Wildman–Crippen MR) is 109 cm³/mol. The Balaban J connectivity index is 1.46. The molecule has 1 aromatic carbocycles. The summed E-state index contributed by atoms with van der Waals surface area (Å²) in [6.07, 6.45) is 4.75. The average molecular weight is 418 g/mol. The minimum atomic E-state index is -3.62. The number of amides is 1. The average Bonchev–Trinajstić information content (AvgIpc) is 3.15. The van der Waals surface area contributed by atoms with Crippen LogP contribution in [0.15, 0.2) is 41.4 Å². The summed E-state index contributed by atoms with van der Waals surface area (Å²) >= 11 is 0. The van der Waals surface area contributed by atoms with Gasteiger partial charge in [0.2, 0.25) is 10.0 Å². The number of morpholine rings is 1. The van der Waals surface area contributed by atoms with Crippen molar-refractivity contribution in [2.45, 2.75) is 30.1 Å². The standard InChI is InChI=1S/C21H27N3O4S/c1-23-15-18(29(26,27)24-9-11-28-12-10-24)13-20(23)21(25)22-14-17-7-4-6-16-5-2-3-8-19(16)17/h2-3,5,8,13,15,17H,4,6-7,9-12,14H2,1H3,(H,22,25)/t17-/m0/s1. The molecular formula is C21H27N3O4S. The van der Waals surface area contributed by atoms with Gasteiger partial charge >= 0.3 is 0 Å². The van der Waals surface area contributed by atoms with Gasteiger partial charge in [-0.05, 0) is 36.5 Å². The van der Waals surface area contributed by atoms with Crippen molar-refractivity contribution in [1.29, 1.82) is 0 Å². The number of hydrogen-bond acceptors (Lipinski definition) is 4. The van der Waals surface area contributed by atoms with E-state index in [0.29, 0.717) is 44.5 Å². The number of fused-ring (bicyclic) bond motifs is 1. The Morgan fingerprint density at radius 2 is 2.00 bits per heavy atom. The fourth-order valence-electron chi connectivity index (χ4n) is 4.21. The second kappa shape index (κ2) is 8.30. The zero-order chi connectivity index (χ0) is 20.4. The molecule has 29 heavy (non-hydrogen) atoms. The van der Waals surface area contributed by atoms with Gasteiger partial charge < -0.3 is 14.6 Å². The van der Waals surface area contributed by atoms with Crippen molar-refractivity contribution in [1.82, 2.24) is 14.2 Å². The van der Waals surface area contributed by atoms with E-state index in [-0.39, 0.29) is 10.8 Å². The van der Waals surface area contributed by atoms with Crippen molar-refractivity contribution < 1.29 is 17.9 Å². The Bertz CT molecular complexity index is 993. The third-order valence-electron chi connectivity index (χ3n) is 5.82. The molecule has 0 unspecified atom stereocenters. The smallest absolute Gasteiger partial charge is 0.267 e. The Morgan fingerprint density at radius 1 is 1.24 bits per heavy atom. The minimum Gasteiger partial charge on any atom is -0.379 e. The second-order valence-corrected chi connectivity index (χ2v) is 9.62. The summed E-state index contributed by atoms with van der Waals surface area (Å²) in [6.45, 7) is 2.00. The van der Waals surface area contributed by atoms with Gasteiger partial charge in [-0.15, -0.1) is 0 Å². The SMILES string of the molecule is Cn1cc(S(=O)(=O)N2CCOCC2)cc1C(=O)NC[C@@H]1CCCc2ccccc21. The fraction of sp³-hybridized carbons (Fsp3) is 0.476. The summed E-state index contributed by atoms with van der Waals surface area (Å²) in [5, 5.41) is 3.01. The van der Waals surface area contributed by atoms with E-state index in [1.807, 2.05) is 6.07 Å². The third-order valence-corrected chi connectivity index (χ3v) is 7.69. The zero-order valence-corrected chi connectivity index (χ0v) is 17.5. The molecule has 0 spiro atoms. The molecule has 7 nitrogen and oxygen atoms in total. The molecule has 4 rings (SSSR count). The summed E-state index contributed by atoms with van der Waals surface area (Å²) in [6, 6.07) is 9.86. The van der Waals surface area contributed by atoms with Crippen LogP contribution in [0.2, 0.25) is 0 Å². The second-order valence-electron chi connectivity index (χ2n) is 7.69. The number of benzene rings is 1. The highest BCUT2D eigenvalue weighted by molar-refractivity contribution is 7.89. The van der Waals surface area contributed by atoms with Crippen LogP contribution in [-0.2, 0) is 28.2 Å². The van der Waals surface area contributed by atoms with Gasteiger partial charge in [0.05, 0.1) is 13.2 Å². The van der Waals surface area contributed by atoms with Gasteiger partial charge in [-0.25, -0.2) is 8.42 Å². The van der Waals surface area contributed by atoms with Gasteiger partial charge in [0.25, 0.3) is 5.91 Å². The van der Waals surface area contributed by atoms with Gasteiger partial charge in [0.1, 0.15) is 10.6 Å². The number of sulfonamides is 1. The topological polar surface area (TPSA) is 80.6 Å². The van der Waals surface area contributed by atoms with Crippen LogP contribution in [0.4, 0.5) is 0 Å². The van der Waals surface area contributed by atoms with E-state index in [1.54, 1.807) is 11.6 Å². The van der Waals surface area contributed by atoms with Crippen molar-refractivity contribution in [3.8, 4) is 0 Å². The lowest BCUT2D eigenvalue weighted by Crippen LogP contribution is -2.40. The first-order valence-electron chi connectivity index (χ1n) is 10.1. The molecule has 2 aliphatic rings. The molecule has 2 aromatic rings. The van der Waals surface area contributed by atoms with Gasteiger partial charge in [-0.3, -0.25) is 4.79 Å². The summed E-state index contributed by atoms with van der Waals surface area (Å²) in [7, 11) is -1.92. The van der Waals surface area contributed by atoms with Crippen LogP contribution < -0.4 is 5.32 Å². The molecule has 1 N–H and O–H groups in total. The highest BCUT2D eigenvalue weighted by atomic mass is 32.2. The number of aromatic nitrogens is 1. The molecule has 1 fully saturated rings. The fourth-order valence-corrected chi connectivity index (χ4v) is 5.69. The van der Waals surface area contributed by atoms with Crippen LogP contribution in [0.3, 0.4) is 0 Å². The summed E-state index contributed by atoms with van der Waals surface area (Å²) in [5.74, 6) is 0.0414.